The first kappa shape index (κ1) is 13.6. The van der Waals surface area contributed by atoms with Crippen molar-refractivity contribution < 1.29 is 9.59 Å². The average molecular weight is 283 g/mol. The van der Waals surface area contributed by atoms with Crippen molar-refractivity contribution in [1.82, 2.24) is 14.8 Å². The van der Waals surface area contributed by atoms with E-state index in [4.69, 9.17) is 17.3 Å². The van der Waals surface area contributed by atoms with Crippen molar-refractivity contribution in [3.05, 3.63) is 23.0 Å². The van der Waals surface area contributed by atoms with Gasteiger partial charge in [0.25, 0.3) is 5.91 Å². The van der Waals surface area contributed by atoms with E-state index in [1.54, 1.807) is 11.9 Å². The van der Waals surface area contributed by atoms with Gasteiger partial charge in [-0.05, 0) is 12.5 Å². The fourth-order valence-electron chi connectivity index (χ4n) is 1.94. The molecule has 7 heteroatoms. The van der Waals surface area contributed by atoms with E-state index in [1.807, 2.05) is 0 Å². The van der Waals surface area contributed by atoms with Gasteiger partial charge in [0.2, 0.25) is 5.91 Å². The Labute approximate surface area is 116 Å². The number of nitrogens with zero attached hydrogens (tertiary/aromatic N) is 3. The van der Waals surface area contributed by atoms with Crippen LogP contribution in [0.25, 0.3) is 0 Å². The Morgan fingerprint density at radius 1 is 1.47 bits per heavy atom. The van der Waals surface area contributed by atoms with Crippen molar-refractivity contribution >= 4 is 29.1 Å². The molecule has 0 spiro atoms. The summed E-state index contributed by atoms with van der Waals surface area (Å²) in [6.45, 7) is 1.21. The quantitative estimate of drug-likeness (QED) is 0.766. The van der Waals surface area contributed by atoms with Crippen LogP contribution in [-0.2, 0) is 4.79 Å². The summed E-state index contributed by atoms with van der Waals surface area (Å²) in [6, 6.07) is 1.48. The summed E-state index contributed by atoms with van der Waals surface area (Å²) >= 11 is 5.91. The van der Waals surface area contributed by atoms with Crippen molar-refractivity contribution in [2.24, 2.45) is 0 Å². The SMILES string of the molecule is CN1CCCN(C(=O)c2cc(N)cnc2Cl)CC1=O. The molecule has 2 amide bonds. The van der Waals surface area contributed by atoms with Crippen LogP contribution in [0.3, 0.4) is 0 Å². The number of halogens is 1. The molecule has 102 valence electrons. The predicted octanol–water partition coefficient (Wildman–Crippen LogP) is 0.621. The van der Waals surface area contributed by atoms with Crippen LogP contribution in [0.1, 0.15) is 16.8 Å². The van der Waals surface area contributed by atoms with Crippen LogP contribution < -0.4 is 5.73 Å². The molecule has 19 heavy (non-hydrogen) atoms. The lowest BCUT2D eigenvalue weighted by Gasteiger charge is -2.20. The monoisotopic (exact) mass is 282 g/mol. The molecule has 0 atom stereocenters. The maximum Gasteiger partial charge on any atom is 0.257 e. The lowest BCUT2D eigenvalue weighted by atomic mass is 10.2. The Balaban J connectivity index is 2.23. The summed E-state index contributed by atoms with van der Waals surface area (Å²) < 4.78 is 0. The summed E-state index contributed by atoms with van der Waals surface area (Å²) in [6.07, 6.45) is 2.13. The number of hydrogen-bond acceptors (Lipinski definition) is 4. The van der Waals surface area contributed by atoms with E-state index in [0.717, 1.165) is 6.42 Å². The van der Waals surface area contributed by atoms with Crippen LogP contribution in [0.4, 0.5) is 5.69 Å². The topological polar surface area (TPSA) is 79.5 Å². The highest BCUT2D eigenvalue weighted by atomic mass is 35.5. The van der Waals surface area contributed by atoms with Crippen LogP contribution in [0.2, 0.25) is 5.15 Å². The fourth-order valence-corrected chi connectivity index (χ4v) is 2.13. The molecule has 1 saturated heterocycles. The molecule has 2 rings (SSSR count). The van der Waals surface area contributed by atoms with Crippen LogP contribution in [-0.4, -0.2) is 53.3 Å². The van der Waals surface area contributed by atoms with Gasteiger partial charge in [-0.25, -0.2) is 4.98 Å². The van der Waals surface area contributed by atoms with Crippen LogP contribution in [0.5, 0.6) is 0 Å². The van der Waals surface area contributed by atoms with Gasteiger partial charge >= 0.3 is 0 Å². The highest BCUT2D eigenvalue weighted by Crippen LogP contribution is 2.18. The van der Waals surface area contributed by atoms with Crippen molar-refractivity contribution in [3.63, 3.8) is 0 Å². The highest BCUT2D eigenvalue weighted by Gasteiger charge is 2.25. The number of aromatic nitrogens is 1. The van der Waals surface area contributed by atoms with Gasteiger partial charge in [0, 0.05) is 20.1 Å². The number of likely N-dealkylation sites (N-methyl/N-ethyl adjacent to an activating group) is 1. The maximum atomic E-state index is 12.4. The molecule has 0 aliphatic carbocycles. The largest absolute Gasteiger partial charge is 0.397 e. The highest BCUT2D eigenvalue weighted by molar-refractivity contribution is 6.32. The molecule has 0 saturated carbocycles. The van der Waals surface area contributed by atoms with E-state index in [9.17, 15) is 9.59 Å². The number of hydrogen-bond donors (Lipinski definition) is 1. The Hall–Kier alpha value is -1.82. The summed E-state index contributed by atoms with van der Waals surface area (Å²) in [5.74, 6) is -0.396. The molecule has 2 N–H and O–H groups in total. The van der Waals surface area contributed by atoms with Gasteiger partial charge in [-0.2, -0.15) is 0 Å². The molecule has 6 nitrogen and oxygen atoms in total. The molecule has 1 aliphatic rings. The van der Waals surface area contributed by atoms with Crippen LogP contribution in [0, 0.1) is 0 Å². The zero-order valence-electron chi connectivity index (χ0n) is 10.6. The number of nitrogen functional groups attached to an aromatic ring is 1. The first-order valence-electron chi connectivity index (χ1n) is 5.93. The number of amides is 2. The second kappa shape index (κ2) is 5.44. The molecular weight excluding hydrogens is 268 g/mol. The number of carbonyl (C=O) groups excluding carboxylic acids is 2. The minimum atomic E-state index is -0.312. The normalized spacial score (nSPS) is 16.4. The molecule has 0 bridgehead atoms. The Kier molecular flexibility index (Phi) is 3.90. The second-order valence-electron chi connectivity index (χ2n) is 4.50. The van der Waals surface area contributed by atoms with Crippen LogP contribution >= 0.6 is 11.6 Å². The van der Waals surface area contributed by atoms with Crippen molar-refractivity contribution in [2.75, 3.05) is 32.4 Å². The second-order valence-corrected chi connectivity index (χ2v) is 4.86. The number of pyridine rings is 1. The molecule has 1 aromatic rings. The molecule has 0 radical (unpaired) electrons. The van der Waals surface area contributed by atoms with Gasteiger partial charge in [-0.15, -0.1) is 0 Å². The molecule has 1 aliphatic heterocycles. The van der Waals surface area contributed by atoms with E-state index >= 15 is 0 Å². The standard InChI is InChI=1S/C12H15ClN4O2/c1-16-3-2-4-17(7-10(16)18)12(19)9-5-8(14)6-15-11(9)13/h5-6H,2-4,7,14H2,1H3. The minimum Gasteiger partial charge on any atom is -0.397 e. The van der Waals surface area contributed by atoms with Crippen molar-refractivity contribution in [1.29, 1.82) is 0 Å². The van der Waals surface area contributed by atoms with Gasteiger partial charge in [0.05, 0.1) is 17.4 Å². The van der Waals surface area contributed by atoms with E-state index in [1.165, 1.54) is 17.2 Å². The van der Waals surface area contributed by atoms with Gasteiger partial charge in [-0.1, -0.05) is 11.6 Å². The van der Waals surface area contributed by atoms with Gasteiger partial charge < -0.3 is 15.5 Å². The van der Waals surface area contributed by atoms with Gasteiger partial charge in [-0.3, -0.25) is 9.59 Å². The Bertz CT molecular complexity index is 520. The molecule has 1 aromatic heterocycles. The molecule has 1 fully saturated rings. The lowest BCUT2D eigenvalue weighted by molar-refractivity contribution is -0.129. The number of carbonyl (C=O) groups is 2. The van der Waals surface area contributed by atoms with Gasteiger partial charge in [0.15, 0.2) is 0 Å². The molecule has 0 unspecified atom stereocenters. The molecular formula is C12H15ClN4O2. The third-order valence-corrected chi connectivity index (χ3v) is 3.35. The van der Waals surface area contributed by atoms with E-state index < -0.39 is 0 Å². The first-order valence-corrected chi connectivity index (χ1v) is 6.31. The van der Waals surface area contributed by atoms with Gasteiger partial charge in [0.1, 0.15) is 11.7 Å². The molecule has 2 heterocycles. The summed E-state index contributed by atoms with van der Waals surface area (Å²) in [4.78, 5) is 31.1. The van der Waals surface area contributed by atoms with Crippen LogP contribution in [0.15, 0.2) is 12.3 Å². The Morgan fingerprint density at radius 3 is 2.95 bits per heavy atom. The Morgan fingerprint density at radius 2 is 2.21 bits per heavy atom. The molecule has 0 aromatic carbocycles. The number of rotatable bonds is 1. The number of nitrogens with two attached hydrogens (primary N) is 1. The van der Waals surface area contributed by atoms with E-state index in [0.29, 0.717) is 18.8 Å². The van der Waals surface area contributed by atoms with E-state index in [2.05, 4.69) is 4.98 Å². The average Bonchev–Trinajstić information content (AvgIpc) is 2.54. The number of anilines is 1. The zero-order chi connectivity index (χ0) is 14.0. The van der Waals surface area contributed by atoms with Crippen molar-refractivity contribution in [3.8, 4) is 0 Å². The summed E-state index contributed by atoms with van der Waals surface area (Å²) in [5.41, 5.74) is 6.21. The first-order chi connectivity index (χ1) is 8.99. The van der Waals surface area contributed by atoms with E-state index in [-0.39, 0.29) is 29.1 Å². The fraction of sp³-hybridized carbons (Fsp3) is 0.417. The third-order valence-electron chi connectivity index (χ3n) is 3.05. The summed E-state index contributed by atoms with van der Waals surface area (Å²) in [7, 11) is 1.73. The minimum absolute atomic E-state index is 0.0560. The third kappa shape index (κ3) is 2.96. The van der Waals surface area contributed by atoms with Crippen molar-refractivity contribution in [2.45, 2.75) is 6.42 Å². The predicted molar refractivity (Wildman–Crippen MR) is 71.8 cm³/mol. The maximum absolute atomic E-state index is 12.4. The summed E-state index contributed by atoms with van der Waals surface area (Å²) in [5, 5.41) is 0.101. The lowest BCUT2D eigenvalue weighted by Crippen LogP contribution is -2.38. The zero-order valence-corrected chi connectivity index (χ0v) is 11.4. The smallest absolute Gasteiger partial charge is 0.257 e.